The molecule has 1 aliphatic rings. The highest BCUT2D eigenvalue weighted by Gasteiger charge is 2.28. The SMILES string of the molecule is CCCc1nn(C)c2c1nc(SCC(=O)O)n2C1CCC1. The highest BCUT2D eigenvalue weighted by molar-refractivity contribution is 7.99. The largest absolute Gasteiger partial charge is 0.481 e. The normalized spacial score (nSPS) is 15.5. The Morgan fingerprint density at radius 1 is 1.48 bits per heavy atom. The molecule has 114 valence electrons. The smallest absolute Gasteiger partial charge is 0.313 e. The first-order valence-electron chi connectivity index (χ1n) is 7.40. The number of aryl methyl sites for hydroxylation is 2. The summed E-state index contributed by atoms with van der Waals surface area (Å²) < 4.78 is 4.11. The minimum Gasteiger partial charge on any atom is -0.481 e. The van der Waals surface area contributed by atoms with Gasteiger partial charge in [0.15, 0.2) is 10.8 Å². The standard InChI is InChI=1S/C14H20N4O2S/c1-3-5-10-12-13(17(2)16-10)18(9-6-4-7-9)14(15-12)21-8-11(19)20/h9H,3-8H2,1-2H3,(H,19,20). The molecular weight excluding hydrogens is 288 g/mol. The van der Waals surface area contributed by atoms with Gasteiger partial charge in [-0.05, 0) is 25.7 Å². The van der Waals surface area contributed by atoms with Gasteiger partial charge in [-0.15, -0.1) is 0 Å². The van der Waals surface area contributed by atoms with E-state index in [0.717, 1.165) is 47.7 Å². The summed E-state index contributed by atoms with van der Waals surface area (Å²) in [6, 6.07) is 0.441. The third-order valence-corrected chi connectivity index (χ3v) is 4.89. The Morgan fingerprint density at radius 3 is 2.81 bits per heavy atom. The molecule has 0 atom stereocenters. The molecule has 2 aromatic heterocycles. The van der Waals surface area contributed by atoms with Gasteiger partial charge in [0.2, 0.25) is 0 Å². The number of carboxylic acids is 1. The molecule has 0 saturated heterocycles. The first kappa shape index (κ1) is 14.4. The summed E-state index contributed by atoms with van der Waals surface area (Å²) in [6.07, 6.45) is 5.44. The van der Waals surface area contributed by atoms with Crippen LogP contribution in [0.2, 0.25) is 0 Å². The maximum absolute atomic E-state index is 10.9. The van der Waals surface area contributed by atoms with Crippen LogP contribution >= 0.6 is 11.8 Å². The number of nitrogens with zero attached hydrogens (tertiary/aromatic N) is 4. The van der Waals surface area contributed by atoms with Crippen LogP contribution in [0.25, 0.3) is 11.2 Å². The minimum absolute atomic E-state index is 0.0482. The molecule has 7 heteroatoms. The van der Waals surface area contributed by atoms with Crippen LogP contribution in [0, 0.1) is 0 Å². The van der Waals surface area contributed by atoms with E-state index in [1.165, 1.54) is 18.2 Å². The predicted octanol–water partition coefficient (Wildman–Crippen LogP) is 2.62. The Hall–Kier alpha value is -1.50. The summed E-state index contributed by atoms with van der Waals surface area (Å²) in [4.78, 5) is 15.6. The molecule has 0 unspecified atom stereocenters. The summed E-state index contributed by atoms with van der Waals surface area (Å²) in [6.45, 7) is 2.13. The van der Waals surface area contributed by atoms with Crippen LogP contribution in [-0.4, -0.2) is 36.2 Å². The summed E-state index contributed by atoms with van der Waals surface area (Å²) in [5.41, 5.74) is 3.00. The average Bonchev–Trinajstić information content (AvgIpc) is 2.86. The molecule has 2 heterocycles. The minimum atomic E-state index is -0.806. The molecule has 0 spiro atoms. The van der Waals surface area contributed by atoms with Crippen molar-refractivity contribution in [3.05, 3.63) is 5.69 Å². The van der Waals surface area contributed by atoms with Crippen molar-refractivity contribution in [1.82, 2.24) is 19.3 Å². The molecule has 6 nitrogen and oxygen atoms in total. The van der Waals surface area contributed by atoms with Crippen LogP contribution < -0.4 is 0 Å². The van der Waals surface area contributed by atoms with Gasteiger partial charge in [-0.25, -0.2) is 4.98 Å². The number of hydrogen-bond acceptors (Lipinski definition) is 4. The van der Waals surface area contributed by atoms with Crippen LogP contribution in [0.3, 0.4) is 0 Å². The zero-order chi connectivity index (χ0) is 15.0. The summed E-state index contributed by atoms with van der Waals surface area (Å²) >= 11 is 1.31. The summed E-state index contributed by atoms with van der Waals surface area (Å²) in [5, 5.41) is 14.3. The topological polar surface area (TPSA) is 72.9 Å². The van der Waals surface area contributed by atoms with Crippen molar-refractivity contribution < 1.29 is 9.90 Å². The van der Waals surface area contributed by atoms with Gasteiger partial charge in [0.25, 0.3) is 0 Å². The zero-order valence-electron chi connectivity index (χ0n) is 12.4. The van der Waals surface area contributed by atoms with Gasteiger partial charge in [-0.3, -0.25) is 9.48 Å². The molecule has 2 aromatic rings. The van der Waals surface area contributed by atoms with E-state index >= 15 is 0 Å². The van der Waals surface area contributed by atoms with Gasteiger partial charge in [0, 0.05) is 13.1 Å². The van der Waals surface area contributed by atoms with Gasteiger partial charge in [-0.1, -0.05) is 25.1 Å². The van der Waals surface area contributed by atoms with Gasteiger partial charge in [0.1, 0.15) is 5.52 Å². The van der Waals surface area contributed by atoms with Gasteiger partial charge < -0.3 is 9.67 Å². The van der Waals surface area contributed by atoms with Crippen molar-refractivity contribution in [2.24, 2.45) is 7.05 Å². The average molecular weight is 308 g/mol. The number of aliphatic carboxylic acids is 1. The Labute approximate surface area is 127 Å². The lowest BCUT2D eigenvalue weighted by molar-refractivity contribution is -0.133. The molecule has 0 aliphatic heterocycles. The lowest BCUT2D eigenvalue weighted by Gasteiger charge is -2.28. The molecule has 1 N–H and O–H groups in total. The van der Waals surface area contributed by atoms with E-state index < -0.39 is 5.97 Å². The molecular formula is C14H20N4O2S. The Bertz CT molecular complexity index is 672. The molecule has 0 radical (unpaired) electrons. The van der Waals surface area contributed by atoms with Gasteiger partial charge in [-0.2, -0.15) is 5.10 Å². The first-order chi connectivity index (χ1) is 10.1. The van der Waals surface area contributed by atoms with Crippen LogP contribution in [0.5, 0.6) is 0 Å². The van der Waals surface area contributed by atoms with Crippen molar-refractivity contribution in [3.63, 3.8) is 0 Å². The van der Waals surface area contributed by atoms with Crippen LogP contribution in [-0.2, 0) is 18.3 Å². The number of thioether (sulfide) groups is 1. The fraction of sp³-hybridized carbons (Fsp3) is 0.643. The summed E-state index contributed by atoms with van der Waals surface area (Å²) in [5.74, 6) is -0.758. The lowest BCUT2D eigenvalue weighted by atomic mass is 9.93. The first-order valence-corrected chi connectivity index (χ1v) is 8.38. The number of imidazole rings is 1. The van der Waals surface area contributed by atoms with Gasteiger partial charge >= 0.3 is 5.97 Å². The van der Waals surface area contributed by atoms with Crippen molar-refractivity contribution >= 4 is 28.9 Å². The van der Waals surface area contributed by atoms with Gasteiger partial charge in [0.05, 0.1) is 11.4 Å². The Balaban J connectivity index is 2.07. The van der Waals surface area contributed by atoms with E-state index in [2.05, 4.69) is 16.6 Å². The van der Waals surface area contributed by atoms with E-state index in [4.69, 9.17) is 10.1 Å². The quantitative estimate of drug-likeness (QED) is 0.830. The molecule has 21 heavy (non-hydrogen) atoms. The highest BCUT2D eigenvalue weighted by atomic mass is 32.2. The number of rotatable bonds is 6. The Kier molecular flexibility index (Phi) is 3.93. The molecule has 0 aromatic carbocycles. The van der Waals surface area contributed by atoms with Crippen LogP contribution in [0.1, 0.15) is 44.3 Å². The predicted molar refractivity (Wildman–Crippen MR) is 81.7 cm³/mol. The van der Waals surface area contributed by atoms with Crippen LogP contribution in [0.4, 0.5) is 0 Å². The molecule has 1 saturated carbocycles. The molecule has 3 rings (SSSR count). The number of carbonyl (C=O) groups is 1. The molecule has 1 aliphatic carbocycles. The van der Waals surface area contributed by atoms with E-state index in [0.29, 0.717) is 6.04 Å². The van der Waals surface area contributed by atoms with Crippen LogP contribution in [0.15, 0.2) is 5.16 Å². The monoisotopic (exact) mass is 308 g/mol. The number of fused-ring (bicyclic) bond motifs is 1. The fourth-order valence-corrected chi connectivity index (χ4v) is 3.57. The highest BCUT2D eigenvalue weighted by Crippen LogP contribution is 2.38. The second-order valence-corrected chi connectivity index (χ2v) is 6.47. The third kappa shape index (κ3) is 2.54. The maximum atomic E-state index is 10.9. The van der Waals surface area contributed by atoms with E-state index in [-0.39, 0.29) is 5.75 Å². The fourth-order valence-electron chi connectivity index (χ4n) is 2.79. The van der Waals surface area contributed by atoms with Crippen molar-refractivity contribution in [2.75, 3.05) is 5.75 Å². The second-order valence-electron chi connectivity index (χ2n) is 5.52. The van der Waals surface area contributed by atoms with Crippen molar-refractivity contribution in [3.8, 4) is 0 Å². The number of carboxylic acid groups (broad SMARTS) is 1. The summed E-state index contributed by atoms with van der Waals surface area (Å²) in [7, 11) is 1.95. The second kappa shape index (κ2) is 5.71. The lowest BCUT2D eigenvalue weighted by Crippen LogP contribution is -2.19. The molecule has 1 fully saturated rings. The molecule has 0 bridgehead atoms. The maximum Gasteiger partial charge on any atom is 0.313 e. The molecule has 0 amide bonds. The number of aromatic nitrogens is 4. The zero-order valence-corrected chi connectivity index (χ0v) is 13.2. The van der Waals surface area contributed by atoms with Crippen molar-refractivity contribution in [2.45, 2.75) is 50.2 Å². The van der Waals surface area contributed by atoms with E-state index in [1.807, 2.05) is 11.7 Å². The van der Waals surface area contributed by atoms with Crippen molar-refractivity contribution in [1.29, 1.82) is 0 Å². The van der Waals surface area contributed by atoms with E-state index in [9.17, 15) is 4.79 Å². The third-order valence-electron chi connectivity index (χ3n) is 3.96. The Morgan fingerprint density at radius 2 is 2.24 bits per heavy atom. The number of hydrogen-bond donors (Lipinski definition) is 1. The van der Waals surface area contributed by atoms with E-state index in [1.54, 1.807) is 0 Å².